The number of ether oxygens (including phenoxy) is 1. The minimum Gasteiger partial charge on any atom is -1.00 e. The molecule has 0 spiro atoms. The number of anilines is 1. The smallest absolute Gasteiger partial charge is 0.262 e. The van der Waals surface area contributed by atoms with Crippen LogP contribution in [-0.4, -0.2) is 13.7 Å². The lowest BCUT2D eigenvalue weighted by atomic mass is 10.1. The molecule has 0 amide bonds. The number of aryl methyl sites for hydroxylation is 1. The average Bonchev–Trinajstić information content (AvgIpc) is 3.43. The molecule has 1 aliphatic rings. The molecule has 6 heteroatoms. The molecule has 0 fully saturated rings. The van der Waals surface area contributed by atoms with Gasteiger partial charge in [0.25, 0.3) is 5.01 Å². The second kappa shape index (κ2) is 12.3. The number of nitrogens with zero attached hydrogens (tertiary/aromatic N) is 2. The van der Waals surface area contributed by atoms with E-state index >= 15 is 0 Å². The highest BCUT2D eigenvalue weighted by Crippen LogP contribution is 2.46. The third kappa shape index (κ3) is 5.97. The number of rotatable bonds is 7. The summed E-state index contributed by atoms with van der Waals surface area (Å²) in [5.74, 6) is 0.876. The Bertz CT molecular complexity index is 1490. The number of methoxy groups -OCH3 is 1. The van der Waals surface area contributed by atoms with Crippen molar-refractivity contribution in [2.45, 2.75) is 32.2 Å². The molecule has 4 aromatic rings. The van der Waals surface area contributed by atoms with E-state index in [-0.39, 0.29) is 24.0 Å². The van der Waals surface area contributed by atoms with Crippen LogP contribution in [-0.2, 0) is 6.54 Å². The van der Waals surface area contributed by atoms with E-state index in [0.717, 1.165) is 24.4 Å². The van der Waals surface area contributed by atoms with Crippen LogP contribution in [0.15, 0.2) is 88.3 Å². The van der Waals surface area contributed by atoms with Gasteiger partial charge in [0.1, 0.15) is 17.0 Å². The van der Waals surface area contributed by atoms with Gasteiger partial charge in [-0.15, -0.1) is 0 Å². The standard InChI is InChI=1S/C31H31N2OS2.HI/c1-5-32-26-9-7-8-10-28(26)35-30(32)19-22(3)20-31-33(6-2)27-21-24(15-18-29(27)36-31)12-11-23-13-16-25(34-4)17-14-23;/h7-21H,5-6H2,1-4H3;1H/q+1;/p-1. The number of allylic oxidation sites excluding steroid dienone is 2. The number of aromatic nitrogens is 1. The van der Waals surface area contributed by atoms with Crippen LogP contribution >= 0.6 is 23.1 Å². The number of thiazole rings is 1. The number of para-hydroxylation sites is 1. The van der Waals surface area contributed by atoms with Crippen molar-refractivity contribution in [3.05, 3.63) is 99.5 Å². The number of thioether (sulfide) groups is 1. The first-order valence-electron chi connectivity index (χ1n) is 12.3. The molecule has 0 atom stereocenters. The van der Waals surface area contributed by atoms with Crippen molar-refractivity contribution in [3.8, 4) is 5.75 Å². The Morgan fingerprint density at radius 2 is 1.70 bits per heavy atom. The number of hydrogen-bond acceptors (Lipinski definition) is 4. The summed E-state index contributed by atoms with van der Waals surface area (Å²) in [6.07, 6.45) is 8.97. The Labute approximate surface area is 245 Å². The fraction of sp³-hybridized carbons (Fsp3) is 0.194. The van der Waals surface area contributed by atoms with Crippen molar-refractivity contribution in [1.82, 2.24) is 0 Å². The first-order valence-corrected chi connectivity index (χ1v) is 14.0. The molecular weight excluding hydrogens is 607 g/mol. The second-order valence-electron chi connectivity index (χ2n) is 8.70. The van der Waals surface area contributed by atoms with E-state index in [1.807, 2.05) is 35.2 Å². The fourth-order valence-electron chi connectivity index (χ4n) is 4.48. The predicted molar refractivity (Wildman–Crippen MR) is 157 cm³/mol. The molecule has 2 heterocycles. The van der Waals surface area contributed by atoms with E-state index in [9.17, 15) is 0 Å². The van der Waals surface area contributed by atoms with Gasteiger partial charge < -0.3 is 33.6 Å². The molecule has 0 bridgehead atoms. The molecule has 0 radical (unpaired) electrons. The zero-order valence-electron chi connectivity index (χ0n) is 21.6. The van der Waals surface area contributed by atoms with E-state index in [4.69, 9.17) is 4.74 Å². The summed E-state index contributed by atoms with van der Waals surface area (Å²) in [6.45, 7) is 8.54. The third-order valence-corrected chi connectivity index (χ3v) is 8.53. The van der Waals surface area contributed by atoms with Gasteiger partial charge in [0.2, 0.25) is 5.52 Å². The third-order valence-electron chi connectivity index (χ3n) is 6.31. The molecule has 1 aliphatic heterocycles. The summed E-state index contributed by atoms with van der Waals surface area (Å²) in [5, 5.41) is 2.57. The van der Waals surface area contributed by atoms with Crippen molar-refractivity contribution in [1.29, 1.82) is 0 Å². The van der Waals surface area contributed by atoms with Gasteiger partial charge in [0.05, 0.1) is 17.8 Å². The highest BCUT2D eigenvalue weighted by atomic mass is 127. The fourth-order valence-corrected chi connectivity index (χ4v) is 6.94. The number of benzene rings is 3. The molecule has 3 nitrogen and oxygen atoms in total. The van der Waals surface area contributed by atoms with Crippen molar-refractivity contribution in [2.24, 2.45) is 0 Å². The van der Waals surface area contributed by atoms with E-state index in [1.165, 1.54) is 42.0 Å². The van der Waals surface area contributed by atoms with Crippen LogP contribution in [0.4, 0.5) is 5.69 Å². The van der Waals surface area contributed by atoms with Crippen LogP contribution in [0.2, 0.25) is 0 Å². The lowest BCUT2D eigenvalue weighted by Crippen LogP contribution is -3.00. The summed E-state index contributed by atoms with van der Waals surface area (Å²) in [4.78, 5) is 3.73. The zero-order chi connectivity index (χ0) is 25.1. The van der Waals surface area contributed by atoms with Gasteiger partial charge in [-0.2, -0.15) is 4.57 Å². The molecular formula is C31H31IN2OS2. The maximum Gasteiger partial charge on any atom is 0.262 e. The highest BCUT2D eigenvalue weighted by molar-refractivity contribution is 8.03. The van der Waals surface area contributed by atoms with E-state index in [2.05, 4.69) is 109 Å². The summed E-state index contributed by atoms with van der Waals surface area (Å²) >= 11 is 3.71. The Hall–Kier alpha value is -2.55. The maximum absolute atomic E-state index is 5.26. The molecule has 5 rings (SSSR count). The monoisotopic (exact) mass is 638 g/mol. The molecule has 3 aromatic carbocycles. The van der Waals surface area contributed by atoms with E-state index < -0.39 is 0 Å². The normalized spacial score (nSPS) is 14.4. The van der Waals surface area contributed by atoms with Crippen molar-refractivity contribution < 1.29 is 33.3 Å². The minimum absolute atomic E-state index is 0. The van der Waals surface area contributed by atoms with Crippen molar-refractivity contribution in [2.75, 3.05) is 18.6 Å². The number of fused-ring (bicyclic) bond motifs is 2. The van der Waals surface area contributed by atoms with Crippen molar-refractivity contribution in [3.63, 3.8) is 0 Å². The summed E-state index contributed by atoms with van der Waals surface area (Å²) in [7, 11) is 1.69. The van der Waals surface area contributed by atoms with Crippen molar-refractivity contribution >= 4 is 57.2 Å². The van der Waals surface area contributed by atoms with Crippen LogP contribution in [0.1, 0.15) is 36.9 Å². The zero-order valence-corrected chi connectivity index (χ0v) is 25.4. The molecule has 0 saturated carbocycles. The van der Waals surface area contributed by atoms with Gasteiger partial charge in [-0.25, -0.2) is 0 Å². The minimum atomic E-state index is 0. The first kappa shape index (κ1) is 27.5. The largest absolute Gasteiger partial charge is 1.00 e. The quantitative estimate of drug-likeness (QED) is 0.156. The summed E-state index contributed by atoms with van der Waals surface area (Å²) in [6, 6.07) is 23.5. The van der Waals surface area contributed by atoms with Gasteiger partial charge in [0, 0.05) is 23.6 Å². The molecule has 37 heavy (non-hydrogen) atoms. The van der Waals surface area contributed by atoms with E-state index in [0.29, 0.717) is 0 Å². The van der Waals surface area contributed by atoms with Gasteiger partial charge in [-0.1, -0.05) is 65.6 Å². The lowest BCUT2D eigenvalue weighted by molar-refractivity contribution is -0.665. The van der Waals surface area contributed by atoms with Crippen LogP contribution in [0.25, 0.3) is 28.4 Å². The maximum atomic E-state index is 5.26. The van der Waals surface area contributed by atoms with E-state index in [1.54, 1.807) is 7.11 Å². The number of halogens is 1. The van der Waals surface area contributed by atoms with Gasteiger partial charge in [0.15, 0.2) is 0 Å². The molecule has 0 N–H and O–H groups in total. The molecule has 190 valence electrons. The average molecular weight is 639 g/mol. The Kier molecular flexibility index (Phi) is 9.16. The van der Waals surface area contributed by atoms with Crippen LogP contribution < -0.4 is 38.2 Å². The molecule has 1 aromatic heterocycles. The topological polar surface area (TPSA) is 16.4 Å². The van der Waals surface area contributed by atoms with Gasteiger partial charge >= 0.3 is 0 Å². The summed E-state index contributed by atoms with van der Waals surface area (Å²) < 4.78 is 8.99. The Morgan fingerprint density at radius 3 is 2.43 bits per heavy atom. The van der Waals surface area contributed by atoms with Gasteiger partial charge in [-0.3, -0.25) is 0 Å². The summed E-state index contributed by atoms with van der Waals surface area (Å²) in [5.41, 5.74) is 6.21. The molecule has 0 saturated heterocycles. The highest BCUT2D eigenvalue weighted by Gasteiger charge is 2.24. The number of hydrogen-bond donors (Lipinski definition) is 0. The SMILES string of the molecule is CCN1C(=CC(C)=Cc2sc3ccccc3[n+]2CC)Sc2ccc(C=Cc3ccc(OC)cc3)cc21.[I-]. The Morgan fingerprint density at radius 1 is 0.973 bits per heavy atom. The Balaban J connectivity index is 0.00000320. The molecule has 0 unspecified atom stereocenters. The van der Waals surface area contributed by atoms with Crippen LogP contribution in [0.5, 0.6) is 5.75 Å². The molecule has 0 aliphatic carbocycles. The lowest BCUT2D eigenvalue weighted by Gasteiger charge is -2.18. The first-order chi connectivity index (χ1) is 17.6. The predicted octanol–water partition coefficient (Wildman–Crippen LogP) is 5.27. The van der Waals surface area contributed by atoms with Crippen LogP contribution in [0, 0.1) is 0 Å². The second-order valence-corrected chi connectivity index (χ2v) is 10.8. The van der Waals surface area contributed by atoms with Gasteiger partial charge in [-0.05, 0) is 73.9 Å². The van der Waals surface area contributed by atoms with Crippen LogP contribution in [0.3, 0.4) is 0 Å².